The van der Waals surface area contributed by atoms with Crippen LogP contribution in [0.3, 0.4) is 0 Å². The van der Waals surface area contributed by atoms with Gasteiger partial charge in [0.25, 0.3) is 5.91 Å². The average molecular weight is 487 g/mol. The third-order valence-electron chi connectivity index (χ3n) is 7.00. The second-order valence-electron chi connectivity index (χ2n) is 9.33. The van der Waals surface area contributed by atoms with Gasteiger partial charge in [-0.05, 0) is 50.3 Å². The van der Waals surface area contributed by atoms with Crippen molar-refractivity contribution >= 4 is 28.5 Å². The number of hydrogen-bond acceptors (Lipinski definition) is 8. The minimum absolute atomic E-state index is 0.0251. The Morgan fingerprint density at radius 2 is 1.89 bits per heavy atom. The van der Waals surface area contributed by atoms with Crippen molar-refractivity contribution in [2.45, 2.75) is 50.3 Å². The molecule has 1 atom stereocenters. The van der Waals surface area contributed by atoms with E-state index in [1.807, 2.05) is 37.3 Å². The van der Waals surface area contributed by atoms with E-state index in [1.54, 1.807) is 29.3 Å². The monoisotopic (exact) mass is 486 g/mol. The molecule has 0 saturated heterocycles. The maximum atomic E-state index is 13.9. The van der Waals surface area contributed by atoms with Crippen molar-refractivity contribution in [3.8, 4) is 11.6 Å². The zero-order valence-corrected chi connectivity index (χ0v) is 19.7. The van der Waals surface area contributed by atoms with Crippen LogP contribution in [0.4, 0.5) is 5.95 Å². The number of benzene rings is 1. The molecule has 11 heteroatoms. The van der Waals surface area contributed by atoms with Gasteiger partial charge in [-0.15, -0.1) is 5.10 Å². The number of fused-ring (bicyclic) bond motifs is 3. The number of nitrogen functional groups attached to an aromatic ring is 1. The van der Waals surface area contributed by atoms with Crippen LogP contribution in [-0.4, -0.2) is 52.5 Å². The molecule has 4 N–H and O–H groups in total. The van der Waals surface area contributed by atoms with Gasteiger partial charge in [-0.1, -0.05) is 30.3 Å². The number of aliphatic hydroxyl groups excluding tert-OH is 1. The molecule has 0 bridgehead atoms. The van der Waals surface area contributed by atoms with Gasteiger partial charge in [0.05, 0.1) is 24.0 Å². The van der Waals surface area contributed by atoms with Crippen molar-refractivity contribution in [1.82, 2.24) is 34.7 Å². The molecule has 5 aromatic rings. The van der Waals surface area contributed by atoms with Gasteiger partial charge in [-0.2, -0.15) is 14.6 Å². The molecule has 1 aliphatic rings. The Bertz CT molecular complexity index is 1530. The fourth-order valence-electron chi connectivity index (χ4n) is 4.91. The first-order chi connectivity index (χ1) is 17.4. The standard InChI is InChI=1S/C25H26N8O3/c1-25(15-6-3-2-4-7-15,23(35)28-16-9-11-17(34)12-10-16)33-22-18(14-27-33)21-29-20(19-8-5-13-36-19)31-32(21)24(26)30-22/h2-8,13-14,16-17,34H,9-12H2,1H3,(H2,26,30)(H,28,35). The molecule has 0 aliphatic heterocycles. The van der Waals surface area contributed by atoms with Crippen LogP contribution in [-0.2, 0) is 10.3 Å². The maximum Gasteiger partial charge on any atom is 0.252 e. The normalized spacial score (nSPS) is 19.9. The lowest BCUT2D eigenvalue weighted by atomic mass is 9.88. The lowest BCUT2D eigenvalue weighted by molar-refractivity contribution is -0.128. The number of hydrogen-bond donors (Lipinski definition) is 3. The van der Waals surface area contributed by atoms with E-state index >= 15 is 0 Å². The van der Waals surface area contributed by atoms with Crippen molar-refractivity contribution < 1.29 is 14.3 Å². The molecular weight excluding hydrogens is 460 g/mol. The van der Waals surface area contributed by atoms with Crippen LogP contribution in [0, 0.1) is 0 Å². The fraction of sp³-hybridized carbons (Fsp3) is 0.320. The second-order valence-corrected chi connectivity index (χ2v) is 9.33. The molecule has 1 unspecified atom stereocenters. The number of aliphatic hydroxyl groups is 1. The predicted octanol–water partition coefficient (Wildman–Crippen LogP) is 2.50. The summed E-state index contributed by atoms with van der Waals surface area (Å²) in [6, 6.07) is 13.0. The molecule has 1 amide bonds. The van der Waals surface area contributed by atoms with Gasteiger partial charge in [0.1, 0.15) is 0 Å². The van der Waals surface area contributed by atoms with Crippen molar-refractivity contribution in [3.05, 3.63) is 60.5 Å². The molecule has 0 radical (unpaired) electrons. The van der Waals surface area contributed by atoms with Gasteiger partial charge < -0.3 is 20.6 Å². The number of rotatable bonds is 5. The quantitative estimate of drug-likeness (QED) is 0.343. The summed E-state index contributed by atoms with van der Waals surface area (Å²) in [6.45, 7) is 1.82. The Kier molecular flexibility index (Phi) is 5.22. The molecule has 6 rings (SSSR count). The summed E-state index contributed by atoms with van der Waals surface area (Å²) in [4.78, 5) is 23.1. The number of amides is 1. The number of aromatic nitrogens is 6. The topological polar surface area (TPSA) is 149 Å². The van der Waals surface area contributed by atoms with Crippen molar-refractivity contribution in [3.63, 3.8) is 0 Å². The Morgan fingerprint density at radius 1 is 1.11 bits per heavy atom. The number of nitrogens with two attached hydrogens (primary N) is 1. The predicted molar refractivity (Wildman–Crippen MR) is 132 cm³/mol. The lowest BCUT2D eigenvalue weighted by Gasteiger charge is -2.33. The SMILES string of the molecule is CC(C(=O)NC1CCC(O)CC1)(c1ccccc1)n1ncc2c1nc(N)n1nc(-c3ccco3)nc21. The molecule has 1 aliphatic carbocycles. The fourth-order valence-corrected chi connectivity index (χ4v) is 4.91. The minimum Gasteiger partial charge on any atom is -0.461 e. The second kappa shape index (κ2) is 8.45. The zero-order chi connectivity index (χ0) is 24.9. The molecule has 1 aromatic carbocycles. The van der Waals surface area contributed by atoms with E-state index in [0.717, 1.165) is 18.4 Å². The largest absolute Gasteiger partial charge is 0.461 e. The van der Waals surface area contributed by atoms with Crippen LogP contribution >= 0.6 is 0 Å². The Morgan fingerprint density at radius 3 is 2.61 bits per heavy atom. The Labute approximate surface area is 205 Å². The number of carbonyl (C=O) groups is 1. The van der Waals surface area contributed by atoms with Crippen LogP contribution in [0.2, 0.25) is 0 Å². The number of carbonyl (C=O) groups excluding carboxylic acids is 1. The summed E-state index contributed by atoms with van der Waals surface area (Å²) in [6.07, 6.45) is 5.64. The molecule has 36 heavy (non-hydrogen) atoms. The van der Waals surface area contributed by atoms with Crippen LogP contribution in [0.5, 0.6) is 0 Å². The molecule has 0 spiro atoms. The maximum absolute atomic E-state index is 13.9. The van der Waals surface area contributed by atoms with Crippen LogP contribution in [0.1, 0.15) is 38.2 Å². The van der Waals surface area contributed by atoms with E-state index in [2.05, 4.69) is 25.5 Å². The average Bonchev–Trinajstić information content (AvgIpc) is 3.65. The number of furan rings is 1. The van der Waals surface area contributed by atoms with Gasteiger partial charge >= 0.3 is 0 Å². The van der Waals surface area contributed by atoms with Crippen molar-refractivity contribution in [1.29, 1.82) is 0 Å². The molecule has 1 saturated carbocycles. The molecule has 4 heterocycles. The first-order valence-electron chi connectivity index (χ1n) is 11.9. The molecule has 4 aromatic heterocycles. The van der Waals surface area contributed by atoms with E-state index in [0.29, 0.717) is 41.1 Å². The molecule has 1 fully saturated rings. The summed E-state index contributed by atoms with van der Waals surface area (Å²) in [5, 5.41) is 22.7. The number of nitrogens with zero attached hydrogens (tertiary/aromatic N) is 6. The lowest BCUT2D eigenvalue weighted by Crippen LogP contribution is -2.52. The van der Waals surface area contributed by atoms with E-state index < -0.39 is 5.54 Å². The van der Waals surface area contributed by atoms with Gasteiger partial charge in [0.15, 0.2) is 22.6 Å². The molecular formula is C25H26N8O3. The van der Waals surface area contributed by atoms with E-state index in [9.17, 15) is 9.90 Å². The summed E-state index contributed by atoms with van der Waals surface area (Å²) in [7, 11) is 0. The van der Waals surface area contributed by atoms with E-state index in [4.69, 9.17) is 10.2 Å². The Hall–Kier alpha value is -4.25. The zero-order valence-electron chi connectivity index (χ0n) is 19.7. The number of nitrogens with one attached hydrogen (secondary N) is 1. The van der Waals surface area contributed by atoms with Gasteiger partial charge in [0.2, 0.25) is 11.8 Å². The van der Waals surface area contributed by atoms with E-state index in [-0.39, 0.29) is 24.0 Å². The Balaban J connectivity index is 1.48. The highest BCUT2D eigenvalue weighted by Crippen LogP contribution is 2.32. The van der Waals surface area contributed by atoms with Gasteiger partial charge in [0, 0.05) is 6.04 Å². The van der Waals surface area contributed by atoms with E-state index in [1.165, 1.54) is 4.52 Å². The summed E-state index contributed by atoms with van der Waals surface area (Å²) >= 11 is 0. The molecule has 11 nitrogen and oxygen atoms in total. The van der Waals surface area contributed by atoms with Crippen LogP contribution < -0.4 is 11.1 Å². The van der Waals surface area contributed by atoms with Crippen LogP contribution in [0.15, 0.2) is 59.3 Å². The highest BCUT2D eigenvalue weighted by atomic mass is 16.3. The third kappa shape index (κ3) is 3.51. The van der Waals surface area contributed by atoms with Crippen molar-refractivity contribution in [2.75, 3.05) is 5.73 Å². The minimum atomic E-state index is -1.22. The smallest absolute Gasteiger partial charge is 0.252 e. The van der Waals surface area contributed by atoms with Crippen LogP contribution in [0.25, 0.3) is 28.3 Å². The summed E-state index contributed by atoms with van der Waals surface area (Å²) < 4.78 is 8.48. The highest BCUT2D eigenvalue weighted by Gasteiger charge is 2.41. The molecule has 184 valence electrons. The van der Waals surface area contributed by atoms with Gasteiger partial charge in [-0.25, -0.2) is 9.67 Å². The summed E-state index contributed by atoms with van der Waals surface area (Å²) in [5.74, 6) is 0.779. The summed E-state index contributed by atoms with van der Waals surface area (Å²) in [5.41, 5.74) is 6.70. The van der Waals surface area contributed by atoms with Gasteiger partial charge in [-0.3, -0.25) is 4.79 Å². The third-order valence-corrected chi connectivity index (χ3v) is 7.00. The highest BCUT2D eigenvalue weighted by molar-refractivity contribution is 5.94. The van der Waals surface area contributed by atoms with Crippen molar-refractivity contribution in [2.24, 2.45) is 0 Å². The first-order valence-corrected chi connectivity index (χ1v) is 11.9. The number of anilines is 1. The first kappa shape index (κ1) is 22.2.